The largest absolute Gasteiger partial charge is 0.496 e. The van der Waals surface area contributed by atoms with Gasteiger partial charge in [-0.2, -0.15) is 0 Å². The van der Waals surface area contributed by atoms with Crippen LogP contribution in [-0.2, 0) is 16.1 Å². The number of rotatable bonds is 7. The van der Waals surface area contributed by atoms with Gasteiger partial charge in [-0.3, -0.25) is 9.59 Å². The van der Waals surface area contributed by atoms with Crippen molar-refractivity contribution < 1.29 is 14.3 Å². The van der Waals surface area contributed by atoms with Crippen LogP contribution in [0.2, 0.25) is 5.02 Å². The number of anilines is 2. The molecule has 2 amide bonds. The second-order valence-corrected chi connectivity index (χ2v) is 7.12. The number of benzene rings is 2. The van der Waals surface area contributed by atoms with E-state index in [1.54, 1.807) is 25.0 Å². The monoisotopic (exact) mass is 401 g/mol. The van der Waals surface area contributed by atoms with Gasteiger partial charge in [-0.05, 0) is 37.6 Å². The summed E-state index contributed by atoms with van der Waals surface area (Å²) in [6, 6.07) is 12.5. The summed E-state index contributed by atoms with van der Waals surface area (Å²) >= 11 is 6.36. The number of halogens is 1. The molecule has 148 valence electrons. The summed E-state index contributed by atoms with van der Waals surface area (Å²) in [5, 5.41) is 6.54. The molecule has 1 atom stereocenters. The number of carbonyl (C=O) groups is 2. The van der Waals surface area contributed by atoms with Crippen molar-refractivity contribution in [2.75, 3.05) is 23.9 Å². The van der Waals surface area contributed by atoms with Crippen LogP contribution in [0, 0.1) is 0 Å². The smallest absolute Gasteiger partial charge is 0.242 e. The Balaban J connectivity index is 1.59. The van der Waals surface area contributed by atoms with Crippen molar-refractivity contribution in [1.82, 2.24) is 5.32 Å². The molecule has 2 aromatic rings. The van der Waals surface area contributed by atoms with Crippen LogP contribution in [0.15, 0.2) is 42.5 Å². The Bertz CT molecular complexity index is 872. The van der Waals surface area contributed by atoms with E-state index in [9.17, 15) is 9.59 Å². The van der Waals surface area contributed by atoms with Gasteiger partial charge in [0.25, 0.3) is 0 Å². The maximum Gasteiger partial charge on any atom is 0.242 e. The zero-order valence-electron chi connectivity index (χ0n) is 16.0. The third-order valence-corrected chi connectivity index (χ3v) is 5.04. The number of hydrogen-bond donors (Lipinski definition) is 2. The van der Waals surface area contributed by atoms with Crippen molar-refractivity contribution in [3.8, 4) is 5.75 Å². The third-order valence-electron chi connectivity index (χ3n) is 4.73. The summed E-state index contributed by atoms with van der Waals surface area (Å²) in [5.41, 5.74) is 2.34. The van der Waals surface area contributed by atoms with E-state index in [1.807, 2.05) is 36.4 Å². The average Bonchev–Trinajstić information content (AvgIpc) is 3.12. The van der Waals surface area contributed by atoms with Crippen LogP contribution in [0.4, 0.5) is 11.4 Å². The second-order valence-electron chi connectivity index (χ2n) is 6.71. The highest BCUT2D eigenvalue weighted by molar-refractivity contribution is 6.34. The van der Waals surface area contributed by atoms with Gasteiger partial charge in [0.1, 0.15) is 11.8 Å². The molecule has 1 fully saturated rings. The molecule has 3 rings (SSSR count). The minimum absolute atomic E-state index is 0.0895. The van der Waals surface area contributed by atoms with E-state index in [4.69, 9.17) is 16.3 Å². The van der Waals surface area contributed by atoms with Crippen molar-refractivity contribution >= 4 is 34.8 Å². The van der Waals surface area contributed by atoms with Crippen LogP contribution in [0.1, 0.15) is 25.3 Å². The maximum absolute atomic E-state index is 12.4. The fourth-order valence-electron chi connectivity index (χ4n) is 3.22. The molecule has 1 unspecified atom stereocenters. The lowest BCUT2D eigenvalue weighted by atomic mass is 10.2. The summed E-state index contributed by atoms with van der Waals surface area (Å²) in [4.78, 5) is 26.0. The van der Waals surface area contributed by atoms with Gasteiger partial charge < -0.3 is 20.3 Å². The SMILES string of the molecule is COc1ccccc1CNC(=O)C(C)Nc1ccc(N2CCCC2=O)c(Cl)c1. The first kappa shape index (κ1) is 20.0. The Labute approximate surface area is 169 Å². The zero-order chi connectivity index (χ0) is 20.1. The van der Waals surface area contributed by atoms with Crippen molar-refractivity contribution in [3.05, 3.63) is 53.1 Å². The van der Waals surface area contributed by atoms with Crippen LogP contribution >= 0.6 is 11.6 Å². The fraction of sp³-hybridized carbons (Fsp3) is 0.333. The van der Waals surface area contributed by atoms with Crippen LogP contribution < -0.4 is 20.3 Å². The third kappa shape index (κ3) is 4.57. The first-order valence-electron chi connectivity index (χ1n) is 9.25. The molecular weight excluding hydrogens is 378 g/mol. The molecule has 28 heavy (non-hydrogen) atoms. The standard InChI is InChI=1S/C21H24ClN3O3/c1-14(21(27)23-13-15-6-3-4-7-19(15)28-2)24-16-9-10-18(17(22)12-16)25-11-5-8-20(25)26/h3-4,6-7,9-10,12,14,24H,5,8,11,13H2,1-2H3,(H,23,27). The topological polar surface area (TPSA) is 70.7 Å². The van der Waals surface area contributed by atoms with Crippen LogP contribution in [-0.4, -0.2) is 31.5 Å². The molecule has 1 heterocycles. The molecule has 1 saturated heterocycles. The second kappa shape index (κ2) is 8.97. The van der Waals surface area contributed by atoms with Crippen LogP contribution in [0.3, 0.4) is 0 Å². The van der Waals surface area contributed by atoms with Crippen molar-refractivity contribution in [2.24, 2.45) is 0 Å². The number of para-hydroxylation sites is 1. The van der Waals surface area contributed by atoms with Gasteiger partial charge >= 0.3 is 0 Å². The summed E-state index contributed by atoms with van der Waals surface area (Å²) in [6.07, 6.45) is 1.40. The van der Waals surface area contributed by atoms with Gasteiger partial charge in [-0.25, -0.2) is 0 Å². The average molecular weight is 402 g/mol. The highest BCUT2D eigenvalue weighted by Crippen LogP contribution is 2.31. The quantitative estimate of drug-likeness (QED) is 0.743. The predicted molar refractivity (Wildman–Crippen MR) is 111 cm³/mol. The van der Waals surface area contributed by atoms with Gasteiger partial charge in [0.15, 0.2) is 0 Å². The molecule has 1 aliphatic heterocycles. The molecule has 2 aromatic carbocycles. The van der Waals surface area contributed by atoms with Gasteiger partial charge in [0.05, 0.1) is 17.8 Å². The van der Waals surface area contributed by atoms with E-state index in [0.29, 0.717) is 30.2 Å². The Morgan fingerprint density at radius 2 is 2.07 bits per heavy atom. The van der Waals surface area contributed by atoms with Crippen molar-refractivity contribution in [3.63, 3.8) is 0 Å². The minimum atomic E-state index is -0.454. The Morgan fingerprint density at radius 3 is 2.75 bits per heavy atom. The first-order valence-corrected chi connectivity index (χ1v) is 9.63. The molecule has 0 aliphatic carbocycles. The van der Waals surface area contributed by atoms with E-state index in [2.05, 4.69) is 10.6 Å². The van der Waals surface area contributed by atoms with Crippen molar-refractivity contribution in [1.29, 1.82) is 0 Å². The number of nitrogens with one attached hydrogen (secondary N) is 2. The van der Waals surface area contributed by atoms with E-state index >= 15 is 0 Å². The molecule has 1 aliphatic rings. The Hall–Kier alpha value is -2.73. The molecule has 0 radical (unpaired) electrons. The fourth-order valence-corrected chi connectivity index (χ4v) is 3.50. The molecule has 0 bridgehead atoms. The molecule has 2 N–H and O–H groups in total. The highest BCUT2D eigenvalue weighted by atomic mass is 35.5. The number of hydrogen-bond acceptors (Lipinski definition) is 4. The summed E-state index contributed by atoms with van der Waals surface area (Å²) in [6.45, 7) is 2.85. The molecular formula is C21H24ClN3O3. The van der Waals surface area contributed by atoms with Gasteiger partial charge in [-0.1, -0.05) is 29.8 Å². The number of ether oxygens (including phenoxy) is 1. The number of nitrogens with zero attached hydrogens (tertiary/aromatic N) is 1. The lowest BCUT2D eigenvalue weighted by Crippen LogP contribution is -2.37. The van der Waals surface area contributed by atoms with Crippen LogP contribution in [0.25, 0.3) is 0 Å². The lowest BCUT2D eigenvalue weighted by molar-refractivity contribution is -0.121. The lowest BCUT2D eigenvalue weighted by Gasteiger charge is -2.20. The summed E-state index contributed by atoms with van der Waals surface area (Å²) in [7, 11) is 1.61. The molecule has 6 nitrogen and oxygen atoms in total. The van der Waals surface area contributed by atoms with Gasteiger partial charge in [-0.15, -0.1) is 0 Å². The summed E-state index contributed by atoms with van der Waals surface area (Å²) < 4.78 is 5.30. The van der Waals surface area contributed by atoms with Crippen molar-refractivity contribution in [2.45, 2.75) is 32.4 Å². The predicted octanol–water partition coefficient (Wildman–Crippen LogP) is 3.59. The zero-order valence-corrected chi connectivity index (χ0v) is 16.8. The molecule has 0 saturated carbocycles. The van der Waals surface area contributed by atoms with E-state index in [-0.39, 0.29) is 11.8 Å². The van der Waals surface area contributed by atoms with E-state index < -0.39 is 6.04 Å². The van der Waals surface area contributed by atoms with Crippen LogP contribution in [0.5, 0.6) is 5.75 Å². The molecule has 0 spiro atoms. The highest BCUT2D eigenvalue weighted by Gasteiger charge is 2.24. The Morgan fingerprint density at radius 1 is 1.29 bits per heavy atom. The maximum atomic E-state index is 12.4. The summed E-state index contributed by atoms with van der Waals surface area (Å²) in [5.74, 6) is 0.690. The minimum Gasteiger partial charge on any atom is -0.496 e. The number of carbonyl (C=O) groups excluding carboxylic acids is 2. The Kier molecular flexibility index (Phi) is 6.41. The molecule has 0 aromatic heterocycles. The number of amides is 2. The van der Waals surface area contributed by atoms with E-state index in [0.717, 1.165) is 23.4 Å². The first-order chi connectivity index (χ1) is 13.5. The number of methoxy groups -OCH3 is 1. The van der Waals surface area contributed by atoms with E-state index in [1.165, 1.54) is 0 Å². The van der Waals surface area contributed by atoms with Gasteiger partial charge in [0, 0.05) is 30.8 Å². The van der Waals surface area contributed by atoms with Gasteiger partial charge in [0.2, 0.25) is 11.8 Å². The molecule has 7 heteroatoms. The normalized spacial score (nSPS) is 14.7.